The van der Waals surface area contributed by atoms with Crippen molar-refractivity contribution in [1.82, 2.24) is 19.8 Å². The molecule has 0 aliphatic carbocycles. The maximum Gasteiger partial charge on any atom is 0.381 e. The maximum absolute atomic E-state index is 11.9. The van der Waals surface area contributed by atoms with E-state index in [9.17, 15) is 14.9 Å². The van der Waals surface area contributed by atoms with E-state index in [0.717, 1.165) is 25.6 Å². The Morgan fingerprint density at radius 3 is 2.74 bits per heavy atom. The lowest BCUT2D eigenvalue weighted by Gasteiger charge is -2.30. The molecule has 1 aromatic heterocycles. The summed E-state index contributed by atoms with van der Waals surface area (Å²) in [5.41, 5.74) is 0. The molecule has 0 spiro atoms. The number of aryl methyl sites for hydroxylation is 2. The van der Waals surface area contributed by atoms with Crippen LogP contribution in [0.25, 0.3) is 0 Å². The molecule has 0 unspecified atom stereocenters. The fourth-order valence-electron chi connectivity index (χ4n) is 2.76. The number of nitro groups is 1. The number of amides is 1. The van der Waals surface area contributed by atoms with Gasteiger partial charge in [-0.05, 0) is 41.8 Å². The second-order valence-corrected chi connectivity index (χ2v) is 6.22. The van der Waals surface area contributed by atoms with E-state index in [1.807, 2.05) is 0 Å². The van der Waals surface area contributed by atoms with Gasteiger partial charge in [-0.25, -0.2) is 0 Å². The van der Waals surface area contributed by atoms with E-state index in [0.29, 0.717) is 25.3 Å². The number of nitrogens with zero attached hydrogens (tertiary/aromatic N) is 4. The van der Waals surface area contributed by atoms with Crippen molar-refractivity contribution in [2.75, 3.05) is 26.2 Å². The van der Waals surface area contributed by atoms with Gasteiger partial charge >= 0.3 is 5.82 Å². The van der Waals surface area contributed by atoms with E-state index in [1.165, 1.54) is 19.0 Å². The van der Waals surface area contributed by atoms with Crippen LogP contribution >= 0.6 is 0 Å². The third-order valence-corrected chi connectivity index (χ3v) is 4.36. The highest BCUT2D eigenvalue weighted by Crippen LogP contribution is 2.15. The first-order valence-corrected chi connectivity index (χ1v) is 8.13. The summed E-state index contributed by atoms with van der Waals surface area (Å²) < 4.78 is 1.64. The molecule has 1 aliphatic rings. The van der Waals surface area contributed by atoms with E-state index in [-0.39, 0.29) is 11.7 Å². The van der Waals surface area contributed by atoms with Gasteiger partial charge in [-0.1, -0.05) is 6.92 Å². The first-order chi connectivity index (χ1) is 11.0. The van der Waals surface area contributed by atoms with Gasteiger partial charge in [0, 0.05) is 33.0 Å². The van der Waals surface area contributed by atoms with Gasteiger partial charge in [0.1, 0.15) is 6.20 Å². The highest BCUT2D eigenvalue weighted by Gasteiger charge is 2.16. The van der Waals surface area contributed by atoms with E-state index in [4.69, 9.17) is 0 Å². The van der Waals surface area contributed by atoms with Gasteiger partial charge < -0.3 is 24.9 Å². The molecular weight excluding hydrogens is 298 g/mol. The molecule has 1 saturated heterocycles. The quantitative estimate of drug-likeness (QED) is 0.603. The minimum Gasteiger partial charge on any atom is -0.358 e. The molecule has 0 radical (unpaired) electrons. The molecule has 23 heavy (non-hydrogen) atoms. The summed E-state index contributed by atoms with van der Waals surface area (Å²) in [5, 5.41) is 13.6. The highest BCUT2D eigenvalue weighted by atomic mass is 16.6. The predicted molar refractivity (Wildman–Crippen MR) is 86.1 cm³/mol. The summed E-state index contributed by atoms with van der Waals surface area (Å²) in [6.45, 7) is 8.12. The largest absolute Gasteiger partial charge is 0.381 e. The van der Waals surface area contributed by atoms with E-state index in [2.05, 4.69) is 22.1 Å². The smallest absolute Gasteiger partial charge is 0.358 e. The summed E-state index contributed by atoms with van der Waals surface area (Å²) >= 11 is 0. The first-order valence-electron chi connectivity index (χ1n) is 8.13. The van der Waals surface area contributed by atoms with Crippen LogP contribution in [0.2, 0.25) is 0 Å². The van der Waals surface area contributed by atoms with Crippen molar-refractivity contribution < 1.29 is 9.72 Å². The van der Waals surface area contributed by atoms with Gasteiger partial charge in [-0.15, -0.1) is 0 Å². The van der Waals surface area contributed by atoms with Crippen LogP contribution in [0, 0.1) is 23.0 Å². The zero-order valence-electron chi connectivity index (χ0n) is 13.8. The molecule has 0 saturated carbocycles. The molecule has 1 amide bonds. The summed E-state index contributed by atoms with van der Waals surface area (Å²) in [6.07, 6.45) is 4.13. The Bertz CT molecular complexity index is 549. The third kappa shape index (κ3) is 5.31. The normalized spacial score (nSPS) is 16.4. The lowest BCUT2D eigenvalue weighted by Crippen LogP contribution is -2.39. The van der Waals surface area contributed by atoms with Crippen molar-refractivity contribution in [2.24, 2.45) is 5.92 Å². The average molecular weight is 323 g/mol. The van der Waals surface area contributed by atoms with Gasteiger partial charge in [-0.2, -0.15) is 0 Å². The zero-order valence-corrected chi connectivity index (χ0v) is 13.8. The van der Waals surface area contributed by atoms with Gasteiger partial charge in [0.25, 0.3) is 0 Å². The predicted octanol–water partition coefficient (Wildman–Crippen LogP) is 1.34. The Hall–Kier alpha value is -1.96. The van der Waals surface area contributed by atoms with Crippen LogP contribution in [0.1, 0.15) is 32.0 Å². The molecule has 2 heterocycles. The van der Waals surface area contributed by atoms with Gasteiger partial charge in [0.15, 0.2) is 0 Å². The Morgan fingerprint density at radius 2 is 2.13 bits per heavy atom. The lowest BCUT2D eigenvalue weighted by atomic mass is 9.99. The molecule has 1 N–H and O–H groups in total. The van der Waals surface area contributed by atoms with E-state index < -0.39 is 4.92 Å². The lowest BCUT2D eigenvalue weighted by molar-refractivity contribution is -0.389. The summed E-state index contributed by atoms with van der Waals surface area (Å²) in [5.74, 6) is 1.14. The standard InChI is InChI=1S/C15H25N5O3/c1-12-3-7-18(8-4-12)10-6-16-15(21)5-9-19-11-14(20(22)23)17-13(19)2/h11-12H,3-10H2,1-2H3,(H,16,21). The second kappa shape index (κ2) is 8.05. The Kier molecular flexibility index (Phi) is 6.09. The molecule has 8 heteroatoms. The molecule has 128 valence electrons. The van der Waals surface area contributed by atoms with Crippen LogP contribution in [0.5, 0.6) is 0 Å². The monoisotopic (exact) mass is 323 g/mol. The number of rotatable bonds is 7. The summed E-state index contributed by atoms with van der Waals surface area (Å²) in [6, 6.07) is 0. The molecular formula is C15H25N5O3. The number of likely N-dealkylation sites (tertiary alicyclic amines) is 1. The number of carbonyl (C=O) groups is 1. The van der Waals surface area contributed by atoms with Gasteiger partial charge in [0.05, 0.1) is 0 Å². The fourth-order valence-corrected chi connectivity index (χ4v) is 2.76. The van der Waals surface area contributed by atoms with Gasteiger partial charge in [0.2, 0.25) is 11.7 Å². The number of imidazole rings is 1. The second-order valence-electron chi connectivity index (χ2n) is 6.22. The molecule has 8 nitrogen and oxygen atoms in total. The molecule has 1 aromatic rings. The molecule has 0 bridgehead atoms. The first kappa shape index (κ1) is 17.4. The topological polar surface area (TPSA) is 93.3 Å². The zero-order chi connectivity index (χ0) is 16.8. The van der Waals surface area contributed by atoms with E-state index >= 15 is 0 Å². The van der Waals surface area contributed by atoms with Crippen LogP contribution in [0.4, 0.5) is 5.82 Å². The molecule has 0 atom stereocenters. The molecule has 0 aromatic carbocycles. The van der Waals surface area contributed by atoms with Crippen molar-refractivity contribution >= 4 is 11.7 Å². The van der Waals surface area contributed by atoms with Crippen LogP contribution < -0.4 is 5.32 Å². The maximum atomic E-state index is 11.9. The van der Waals surface area contributed by atoms with Crippen LogP contribution in [0.15, 0.2) is 6.20 Å². The van der Waals surface area contributed by atoms with Crippen LogP contribution in [-0.4, -0.2) is 51.5 Å². The number of piperidine rings is 1. The number of aromatic nitrogens is 2. The third-order valence-electron chi connectivity index (χ3n) is 4.36. The van der Waals surface area contributed by atoms with Crippen molar-refractivity contribution in [1.29, 1.82) is 0 Å². The average Bonchev–Trinajstić information content (AvgIpc) is 2.89. The molecule has 2 rings (SSSR count). The van der Waals surface area contributed by atoms with Crippen molar-refractivity contribution in [2.45, 2.75) is 39.7 Å². The Labute approximate surface area is 136 Å². The Morgan fingerprint density at radius 1 is 1.43 bits per heavy atom. The van der Waals surface area contributed by atoms with Crippen molar-refractivity contribution in [3.05, 3.63) is 22.1 Å². The summed E-state index contributed by atoms with van der Waals surface area (Å²) in [4.78, 5) is 28.2. The number of carbonyl (C=O) groups excluding carboxylic acids is 1. The van der Waals surface area contributed by atoms with Crippen molar-refractivity contribution in [3.8, 4) is 0 Å². The number of hydrogen-bond donors (Lipinski definition) is 1. The number of hydrogen-bond acceptors (Lipinski definition) is 5. The molecule has 1 aliphatic heterocycles. The minimum atomic E-state index is -0.525. The molecule has 1 fully saturated rings. The summed E-state index contributed by atoms with van der Waals surface area (Å²) in [7, 11) is 0. The minimum absolute atomic E-state index is 0.0360. The Balaban J connectivity index is 1.66. The highest BCUT2D eigenvalue weighted by molar-refractivity contribution is 5.75. The SMILES string of the molecule is Cc1nc([N+](=O)[O-])cn1CCC(=O)NCCN1CCC(C)CC1. The number of nitrogens with one attached hydrogen (secondary N) is 1. The van der Waals surface area contributed by atoms with Crippen LogP contribution in [0.3, 0.4) is 0 Å². The van der Waals surface area contributed by atoms with Gasteiger partial charge in [-0.3, -0.25) is 4.79 Å². The van der Waals surface area contributed by atoms with Crippen molar-refractivity contribution in [3.63, 3.8) is 0 Å². The fraction of sp³-hybridized carbons (Fsp3) is 0.733. The van der Waals surface area contributed by atoms with E-state index in [1.54, 1.807) is 11.5 Å². The van der Waals surface area contributed by atoms with Crippen LogP contribution in [-0.2, 0) is 11.3 Å².